The van der Waals surface area contributed by atoms with E-state index in [1.807, 2.05) is 42.0 Å². The molecule has 0 bridgehead atoms. The van der Waals surface area contributed by atoms with Gasteiger partial charge in [0.2, 0.25) is 5.62 Å². The van der Waals surface area contributed by atoms with Crippen LogP contribution in [-0.4, -0.2) is 32.8 Å². The number of hydrogen-bond donors (Lipinski definition) is 1. The summed E-state index contributed by atoms with van der Waals surface area (Å²) in [4.78, 5) is 24.2. The Labute approximate surface area is 184 Å². The monoisotopic (exact) mass is 433 g/mol. The van der Waals surface area contributed by atoms with Crippen molar-refractivity contribution in [3.63, 3.8) is 0 Å². The molecular formula is C24H24FN5O2. The molecule has 7 nitrogen and oxygen atoms in total. The number of ether oxygens (including phenoxy) is 1. The summed E-state index contributed by atoms with van der Waals surface area (Å²) < 4.78 is 21.0. The number of aromatic amines is 1. The van der Waals surface area contributed by atoms with E-state index in [1.54, 1.807) is 36.2 Å². The minimum atomic E-state index is -0.178. The van der Waals surface area contributed by atoms with Crippen LogP contribution in [0.2, 0.25) is 0 Å². The van der Waals surface area contributed by atoms with E-state index >= 15 is 0 Å². The minimum Gasteiger partial charge on any atom is -0.495 e. The zero-order chi connectivity index (χ0) is 22.5. The molecule has 0 radical (unpaired) electrons. The number of methoxy groups -OCH3 is 1. The van der Waals surface area contributed by atoms with Crippen LogP contribution in [0.25, 0.3) is 11.8 Å². The number of H-pyrrole nitrogens is 1. The van der Waals surface area contributed by atoms with E-state index in [1.165, 1.54) is 12.1 Å². The number of nitrogens with one attached hydrogen (secondary N) is 1. The summed E-state index contributed by atoms with van der Waals surface area (Å²) in [7, 11) is 1.63. The third kappa shape index (κ3) is 4.69. The van der Waals surface area contributed by atoms with Gasteiger partial charge in [0.1, 0.15) is 16.9 Å². The predicted molar refractivity (Wildman–Crippen MR) is 120 cm³/mol. The SMILES string of the molecule is COc1cc(/C=c2\[nH]c3n(c2=O)CCCN=3)ccc1-n1cnc(C)c1.Fc1ccccc1. The third-order valence-electron chi connectivity index (χ3n) is 5.02. The Morgan fingerprint density at radius 3 is 2.62 bits per heavy atom. The zero-order valence-corrected chi connectivity index (χ0v) is 18.0. The molecule has 8 heteroatoms. The lowest BCUT2D eigenvalue weighted by Crippen LogP contribution is -2.33. The van der Waals surface area contributed by atoms with Gasteiger partial charge < -0.3 is 14.3 Å². The minimum absolute atomic E-state index is 0.0354. The summed E-state index contributed by atoms with van der Waals surface area (Å²) in [5, 5.41) is 0.536. The summed E-state index contributed by atoms with van der Waals surface area (Å²) >= 11 is 0. The number of hydrogen-bond acceptors (Lipinski definition) is 4. The van der Waals surface area contributed by atoms with E-state index in [0.717, 1.165) is 29.9 Å². The van der Waals surface area contributed by atoms with E-state index in [4.69, 9.17) is 4.74 Å². The van der Waals surface area contributed by atoms with Gasteiger partial charge in [-0.2, -0.15) is 0 Å². The fourth-order valence-corrected chi connectivity index (χ4v) is 3.46. The molecule has 4 aromatic rings. The number of aryl methyl sites for hydroxylation is 1. The Morgan fingerprint density at radius 2 is 2.00 bits per heavy atom. The number of imidazole rings is 2. The average Bonchev–Trinajstić information content (AvgIpc) is 3.38. The van der Waals surface area contributed by atoms with Crippen molar-refractivity contribution in [2.45, 2.75) is 19.9 Å². The maximum Gasteiger partial charge on any atom is 0.277 e. The molecule has 0 atom stereocenters. The molecule has 32 heavy (non-hydrogen) atoms. The van der Waals surface area contributed by atoms with Gasteiger partial charge in [-0.15, -0.1) is 0 Å². The maximum atomic E-state index is 12.5. The molecule has 1 aliphatic rings. The van der Waals surface area contributed by atoms with E-state index in [0.29, 0.717) is 23.3 Å². The Bertz CT molecular complexity index is 1390. The summed E-state index contributed by atoms with van der Waals surface area (Å²) in [6.45, 7) is 3.41. The highest BCUT2D eigenvalue weighted by atomic mass is 19.1. The van der Waals surface area contributed by atoms with Gasteiger partial charge in [0.25, 0.3) is 5.56 Å². The summed E-state index contributed by atoms with van der Waals surface area (Å²) in [5.41, 5.74) is 3.34. The van der Waals surface area contributed by atoms with Crippen LogP contribution in [0.3, 0.4) is 0 Å². The van der Waals surface area contributed by atoms with Crippen LogP contribution in [0, 0.1) is 12.7 Å². The van der Waals surface area contributed by atoms with Crippen molar-refractivity contribution >= 4 is 6.08 Å². The molecule has 0 saturated heterocycles. The van der Waals surface area contributed by atoms with Crippen LogP contribution in [0.4, 0.5) is 4.39 Å². The van der Waals surface area contributed by atoms with Gasteiger partial charge in [-0.1, -0.05) is 24.3 Å². The highest BCUT2D eigenvalue weighted by Gasteiger charge is 2.09. The third-order valence-corrected chi connectivity index (χ3v) is 5.02. The first-order valence-corrected chi connectivity index (χ1v) is 10.3. The number of rotatable bonds is 3. The lowest BCUT2D eigenvalue weighted by atomic mass is 10.1. The number of nitrogens with zero attached hydrogens (tertiary/aromatic N) is 4. The quantitative estimate of drug-likeness (QED) is 0.539. The summed E-state index contributed by atoms with van der Waals surface area (Å²) in [6, 6.07) is 13.8. The molecule has 1 N–H and O–H groups in total. The number of fused-ring (bicyclic) bond motifs is 1. The highest BCUT2D eigenvalue weighted by Crippen LogP contribution is 2.24. The molecule has 0 spiro atoms. The topological polar surface area (TPSA) is 77.2 Å². The first kappa shape index (κ1) is 21.3. The van der Waals surface area contributed by atoms with E-state index in [2.05, 4.69) is 15.0 Å². The zero-order valence-electron chi connectivity index (χ0n) is 18.0. The van der Waals surface area contributed by atoms with Crippen molar-refractivity contribution in [2.75, 3.05) is 13.7 Å². The second-order valence-corrected chi connectivity index (χ2v) is 7.35. The molecule has 0 unspecified atom stereocenters. The van der Waals surface area contributed by atoms with Crippen molar-refractivity contribution < 1.29 is 9.13 Å². The molecule has 0 saturated carbocycles. The van der Waals surface area contributed by atoms with Gasteiger partial charge in [0.15, 0.2) is 0 Å². The fraction of sp³-hybridized carbons (Fsp3) is 0.208. The largest absolute Gasteiger partial charge is 0.495 e. The smallest absolute Gasteiger partial charge is 0.277 e. The Balaban J connectivity index is 0.000000300. The van der Waals surface area contributed by atoms with Crippen molar-refractivity contribution in [1.29, 1.82) is 0 Å². The van der Waals surface area contributed by atoms with Gasteiger partial charge >= 0.3 is 0 Å². The second-order valence-electron chi connectivity index (χ2n) is 7.35. The van der Waals surface area contributed by atoms with Crippen LogP contribution >= 0.6 is 0 Å². The van der Waals surface area contributed by atoms with Crippen LogP contribution in [0.15, 0.2) is 70.8 Å². The number of halogens is 1. The number of aromatic nitrogens is 4. The van der Waals surface area contributed by atoms with Gasteiger partial charge in [-0.05, 0) is 49.2 Å². The first-order valence-electron chi connectivity index (χ1n) is 10.3. The molecule has 3 heterocycles. The van der Waals surface area contributed by atoms with E-state index in [-0.39, 0.29) is 11.4 Å². The molecule has 164 valence electrons. The molecule has 1 aliphatic heterocycles. The molecule has 2 aromatic carbocycles. The van der Waals surface area contributed by atoms with Crippen LogP contribution in [0.1, 0.15) is 17.7 Å². The molecule has 0 aliphatic carbocycles. The lowest BCUT2D eigenvalue weighted by molar-refractivity contribution is 0.413. The second kappa shape index (κ2) is 9.47. The van der Waals surface area contributed by atoms with E-state index < -0.39 is 0 Å². The van der Waals surface area contributed by atoms with Gasteiger partial charge in [0.05, 0.1) is 24.8 Å². The standard InChI is InChI=1S/C18H19N5O2.C6H5F/c1-12-10-22(11-20-12)15-5-4-13(9-16(15)25-2)8-14-17(24)23-7-3-6-19-18(23)21-14;7-6-4-2-1-3-5-6/h4-5,8-11H,3,6-7H2,1-2H3,(H,19,21);1-5H/b14-8-;. The Hall–Kier alpha value is -3.94. The predicted octanol–water partition coefficient (Wildman–Crippen LogP) is 2.36. The van der Waals surface area contributed by atoms with Gasteiger partial charge in [0, 0.05) is 19.3 Å². The Morgan fingerprint density at radius 1 is 1.19 bits per heavy atom. The average molecular weight is 433 g/mol. The highest BCUT2D eigenvalue weighted by molar-refractivity contribution is 5.57. The molecular weight excluding hydrogens is 409 g/mol. The van der Waals surface area contributed by atoms with E-state index in [9.17, 15) is 9.18 Å². The van der Waals surface area contributed by atoms with Crippen LogP contribution in [-0.2, 0) is 6.54 Å². The molecule has 0 amide bonds. The van der Waals surface area contributed by atoms with Gasteiger partial charge in [-0.25, -0.2) is 9.37 Å². The van der Waals surface area contributed by atoms with Gasteiger partial charge in [-0.3, -0.25) is 14.4 Å². The fourth-order valence-electron chi connectivity index (χ4n) is 3.46. The van der Waals surface area contributed by atoms with Crippen LogP contribution in [0.5, 0.6) is 5.75 Å². The molecule has 0 fully saturated rings. The van der Waals surface area contributed by atoms with Crippen molar-refractivity contribution in [3.8, 4) is 11.4 Å². The van der Waals surface area contributed by atoms with Crippen molar-refractivity contribution in [3.05, 3.63) is 99.5 Å². The van der Waals surface area contributed by atoms with Crippen LogP contribution < -0.4 is 21.3 Å². The lowest BCUT2D eigenvalue weighted by Gasteiger charge is -2.09. The number of benzene rings is 2. The molecule has 5 rings (SSSR count). The molecule has 2 aromatic heterocycles. The summed E-state index contributed by atoms with van der Waals surface area (Å²) in [6.07, 6.45) is 6.42. The van der Waals surface area contributed by atoms with Crippen molar-refractivity contribution in [1.82, 2.24) is 19.1 Å². The normalized spacial score (nSPS) is 13.0. The first-order chi connectivity index (χ1) is 15.5. The van der Waals surface area contributed by atoms with Crippen molar-refractivity contribution in [2.24, 2.45) is 4.99 Å². The maximum absolute atomic E-state index is 12.5. The summed E-state index contributed by atoms with van der Waals surface area (Å²) in [5.74, 6) is 0.537. The Kier molecular flexibility index (Phi) is 6.30.